The third kappa shape index (κ3) is 3.03. The highest BCUT2D eigenvalue weighted by Gasteiger charge is 2.34. The molecular weight excluding hydrogens is 280 g/mol. The number of aromatic nitrogens is 2. The molecule has 1 aliphatic heterocycles. The molecule has 8 heteroatoms. The lowest BCUT2D eigenvalue weighted by atomic mass is 9.97. The second-order valence-corrected chi connectivity index (χ2v) is 7.07. The molecule has 1 aromatic heterocycles. The summed E-state index contributed by atoms with van der Waals surface area (Å²) in [6.07, 6.45) is 3.65. The molecule has 1 saturated heterocycles. The molecule has 0 amide bonds. The largest absolute Gasteiger partial charge is 0.380 e. The summed E-state index contributed by atoms with van der Waals surface area (Å²) in [7, 11) is -1.88. The predicted molar refractivity (Wildman–Crippen MR) is 74.6 cm³/mol. The molecule has 1 fully saturated rings. The van der Waals surface area contributed by atoms with E-state index in [1.54, 1.807) is 11.8 Å². The number of sulfonamides is 1. The minimum Gasteiger partial charge on any atom is -0.380 e. The quantitative estimate of drug-likeness (QED) is 0.819. The standard InChI is InChI=1S/C12H22N4O3S/c1-10-3-5-16(9-12(10)19-2)20(17,18)11-7-14-15(8-11)6-4-13/h7-8,10,12H,3-6,9,13H2,1-2H3. The lowest BCUT2D eigenvalue weighted by molar-refractivity contribution is 0.0184. The van der Waals surface area contributed by atoms with Crippen molar-refractivity contribution in [3.63, 3.8) is 0 Å². The van der Waals surface area contributed by atoms with Gasteiger partial charge in [-0.25, -0.2) is 8.42 Å². The van der Waals surface area contributed by atoms with Crippen LogP contribution in [-0.2, 0) is 21.3 Å². The highest BCUT2D eigenvalue weighted by atomic mass is 32.2. The molecule has 20 heavy (non-hydrogen) atoms. The average molecular weight is 302 g/mol. The number of nitrogens with zero attached hydrogens (tertiary/aromatic N) is 3. The molecule has 0 saturated carbocycles. The lowest BCUT2D eigenvalue weighted by Crippen LogP contribution is -2.46. The Bertz CT molecular complexity index is 543. The molecule has 0 aliphatic carbocycles. The number of rotatable bonds is 5. The number of hydrogen-bond donors (Lipinski definition) is 1. The van der Waals surface area contributed by atoms with Gasteiger partial charge < -0.3 is 10.5 Å². The first kappa shape index (κ1) is 15.4. The highest BCUT2D eigenvalue weighted by Crippen LogP contribution is 2.24. The van der Waals surface area contributed by atoms with Gasteiger partial charge in [-0.2, -0.15) is 9.40 Å². The SMILES string of the molecule is COC1CN(S(=O)(=O)c2cnn(CCN)c2)CCC1C. The third-order valence-corrected chi connectivity index (χ3v) is 5.58. The summed E-state index contributed by atoms with van der Waals surface area (Å²) in [6.45, 7) is 3.92. The zero-order valence-corrected chi connectivity index (χ0v) is 12.7. The van der Waals surface area contributed by atoms with Crippen LogP contribution in [0.3, 0.4) is 0 Å². The van der Waals surface area contributed by atoms with Crippen LogP contribution in [0.15, 0.2) is 17.3 Å². The minimum atomic E-state index is -3.50. The van der Waals surface area contributed by atoms with Gasteiger partial charge in [0.1, 0.15) is 4.90 Å². The smallest absolute Gasteiger partial charge is 0.246 e. The molecule has 2 rings (SSSR count). The summed E-state index contributed by atoms with van der Waals surface area (Å²) in [6, 6.07) is 0. The molecule has 7 nitrogen and oxygen atoms in total. The Morgan fingerprint density at radius 2 is 2.30 bits per heavy atom. The van der Waals surface area contributed by atoms with Crippen LogP contribution in [0.2, 0.25) is 0 Å². The van der Waals surface area contributed by atoms with Crippen molar-refractivity contribution in [1.82, 2.24) is 14.1 Å². The van der Waals surface area contributed by atoms with Gasteiger partial charge >= 0.3 is 0 Å². The molecule has 114 valence electrons. The van der Waals surface area contributed by atoms with E-state index in [9.17, 15) is 8.42 Å². The fourth-order valence-corrected chi connectivity index (χ4v) is 3.83. The van der Waals surface area contributed by atoms with Gasteiger partial charge in [-0.05, 0) is 12.3 Å². The van der Waals surface area contributed by atoms with Gasteiger partial charge in [0.15, 0.2) is 0 Å². The molecule has 0 radical (unpaired) electrons. The number of methoxy groups -OCH3 is 1. The lowest BCUT2D eigenvalue weighted by Gasteiger charge is -2.35. The van der Waals surface area contributed by atoms with Gasteiger partial charge in [0, 0.05) is 32.9 Å². The average Bonchev–Trinajstić information content (AvgIpc) is 2.89. The molecule has 2 unspecified atom stereocenters. The maximum absolute atomic E-state index is 12.6. The summed E-state index contributed by atoms with van der Waals surface area (Å²) >= 11 is 0. The summed E-state index contributed by atoms with van der Waals surface area (Å²) in [5.41, 5.74) is 5.44. The number of hydrogen-bond acceptors (Lipinski definition) is 5. The second-order valence-electron chi connectivity index (χ2n) is 5.13. The number of ether oxygens (including phenoxy) is 1. The maximum atomic E-state index is 12.6. The van der Waals surface area contributed by atoms with E-state index in [4.69, 9.17) is 10.5 Å². The minimum absolute atomic E-state index is 0.0578. The number of piperidine rings is 1. The van der Waals surface area contributed by atoms with Crippen LogP contribution in [0.5, 0.6) is 0 Å². The van der Waals surface area contributed by atoms with Gasteiger partial charge in [-0.1, -0.05) is 6.92 Å². The summed E-state index contributed by atoms with van der Waals surface area (Å²) < 4.78 is 33.5. The Balaban J connectivity index is 2.17. The van der Waals surface area contributed by atoms with Crippen LogP contribution in [0.1, 0.15) is 13.3 Å². The fraction of sp³-hybridized carbons (Fsp3) is 0.750. The molecular formula is C12H22N4O3S. The Morgan fingerprint density at radius 1 is 1.55 bits per heavy atom. The predicted octanol–water partition coefficient (Wildman–Crippen LogP) is -0.113. The Kier molecular flexibility index (Phi) is 4.79. The monoisotopic (exact) mass is 302 g/mol. The third-order valence-electron chi connectivity index (χ3n) is 3.76. The van der Waals surface area contributed by atoms with E-state index in [0.717, 1.165) is 6.42 Å². The van der Waals surface area contributed by atoms with E-state index in [-0.39, 0.29) is 11.0 Å². The van der Waals surface area contributed by atoms with Crippen molar-refractivity contribution in [2.45, 2.75) is 30.9 Å². The van der Waals surface area contributed by atoms with E-state index in [1.807, 2.05) is 0 Å². The Labute approximate surface area is 119 Å². The van der Waals surface area contributed by atoms with Crippen molar-refractivity contribution < 1.29 is 13.2 Å². The fourth-order valence-electron chi connectivity index (χ4n) is 2.41. The summed E-state index contributed by atoms with van der Waals surface area (Å²) in [5.74, 6) is 0.367. The summed E-state index contributed by atoms with van der Waals surface area (Å²) in [4.78, 5) is 0.218. The van der Waals surface area contributed by atoms with E-state index in [1.165, 1.54) is 16.7 Å². The first-order valence-electron chi connectivity index (χ1n) is 6.74. The van der Waals surface area contributed by atoms with Gasteiger partial charge in [0.2, 0.25) is 10.0 Å². The van der Waals surface area contributed by atoms with Crippen LogP contribution in [0.4, 0.5) is 0 Å². The van der Waals surface area contributed by atoms with Crippen molar-refractivity contribution in [3.8, 4) is 0 Å². The van der Waals surface area contributed by atoms with Crippen LogP contribution >= 0.6 is 0 Å². The molecule has 2 atom stereocenters. The van der Waals surface area contributed by atoms with Crippen LogP contribution in [-0.4, -0.2) is 55.4 Å². The van der Waals surface area contributed by atoms with Crippen LogP contribution in [0, 0.1) is 5.92 Å². The van der Waals surface area contributed by atoms with Crippen molar-refractivity contribution in [3.05, 3.63) is 12.4 Å². The zero-order valence-electron chi connectivity index (χ0n) is 11.9. The van der Waals surface area contributed by atoms with Crippen molar-refractivity contribution >= 4 is 10.0 Å². The molecule has 0 aromatic carbocycles. The molecule has 0 bridgehead atoms. The Hall–Kier alpha value is -0.960. The number of nitrogens with two attached hydrogens (primary N) is 1. The molecule has 0 spiro atoms. The van der Waals surface area contributed by atoms with E-state index < -0.39 is 10.0 Å². The normalized spacial score (nSPS) is 24.9. The molecule has 2 N–H and O–H groups in total. The molecule has 1 aromatic rings. The van der Waals surface area contributed by atoms with Gasteiger partial charge in [0.25, 0.3) is 0 Å². The first-order chi connectivity index (χ1) is 9.48. The summed E-state index contributed by atoms with van der Waals surface area (Å²) in [5, 5.41) is 4.02. The topological polar surface area (TPSA) is 90.5 Å². The van der Waals surface area contributed by atoms with Crippen molar-refractivity contribution in [2.75, 3.05) is 26.7 Å². The Morgan fingerprint density at radius 3 is 2.95 bits per heavy atom. The van der Waals surface area contributed by atoms with Gasteiger partial charge in [-0.3, -0.25) is 4.68 Å². The van der Waals surface area contributed by atoms with Gasteiger partial charge in [0.05, 0.1) is 18.8 Å². The highest BCUT2D eigenvalue weighted by molar-refractivity contribution is 7.89. The first-order valence-corrected chi connectivity index (χ1v) is 8.18. The van der Waals surface area contributed by atoms with Crippen molar-refractivity contribution in [2.24, 2.45) is 11.7 Å². The van der Waals surface area contributed by atoms with Crippen LogP contribution < -0.4 is 5.73 Å². The van der Waals surface area contributed by atoms with Gasteiger partial charge in [-0.15, -0.1) is 0 Å². The zero-order chi connectivity index (χ0) is 14.8. The van der Waals surface area contributed by atoms with E-state index in [2.05, 4.69) is 12.0 Å². The van der Waals surface area contributed by atoms with Crippen molar-refractivity contribution in [1.29, 1.82) is 0 Å². The van der Waals surface area contributed by atoms with Crippen LogP contribution in [0.25, 0.3) is 0 Å². The maximum Gasteiger partial charge on any atom is 0.246 e. The van der Waals surface area contributed by atoms with E-state index >= 15 is 0 Å². The second kappa shape index (κ2) is 6.21. The molecule has 1 aliphatic rings. The van der Waals surface area contributed by atoms with E-state index in [0.29, 0.717) is 32.1 Å². The molecule has 2 heterocycles.